The molecule has 24 heavy (non-hydrogen) atoms. The molecule has 6 nitrogen and oxygen atoms in total. The zero-order chi connectivity index (χ0) is 17.2. The summed E-state index contributed by atoms with van der Waals surface area (Å²) < 4.78 is 34.8. The molecule has 1 aliphatic rings. The molecule has 0 unspecified atom stereocenters. The molecule has 2 rings (SSSR count). The van der Waals surface area contributed by atoms with Crippen molar-refractivity contribution in [3.63, 3.8) is 0 Å². The Labute approximate surface area is 149 Å². The van der Waals surface area contributed by atoms with E-state index in [-0.39, 0.29) is 5.75 Å². The number of ether oxygens (including phenoxy) is 1. The van der Waals surface area contributed by atoms with Crippen molar-refractivity contribution in [2.45, 2.75) is 11.5 Å². The Morgan fingerprint density at radius 1 is 1.42 bits per heavy atom. The van der Waals surface area contributed by atoms with E-state index in [1.54, 1.807) is 12.1 Å². The van der Waals surface area contributed by atoms with E-state index in [9.17, 15) is 8.78 Å². The molecule has 0 atom stereocenters. The molecule has 1 saturated heterocycles. The molecule has 134 valence electrons. The van der Waals surface area contributed by atoms with E-state index in [4.69, 9.17) is 21.4 Å². The minimum absolute atomic E-state index is 0.128. The van der Waals surface area contributed by atoms with Crippen molar-refractivity contribution >= 4 is 35.3 Å². The maximum absolute atomic E-state index is 12.1. The number of thiocarbonyl (C=S) groups is 1. The monoisotopic (exact) mass is 379 g/mol. The highest BCUT2D eigenvalue weighted by Gasteiger charge is 2.12. The third kappa shape index (κ3) is 7.56. The number of furan rings is 1. The van der Waals surface area contributed by atoms with Crippen LogP contribution in [0, 0.1) is 0 Å². The molecule has 0 amide bonds. The van der Waals surface area contributed by atoms with E-state index in [1.807, 2.05) is 0 Å². The van der Waals surface area contributed by atoms with Crippen molar-refractivity contribution in [2.75, 3.05) is 39.4 Å². The number of hydrazone groups is 1. The molecule has 10 heteroatoms. The smallest absolute Gasteiger partial charge is 0.284 e. The highest BCUT2D eigenvalue weighted by atomic mass is 32.2. The van der Waals surface area contributed by atoms with Crippen molar-refractivity contribution in [2.24, 2.45) is 5.10 Å². The van der Waals surface area contributed by atoms with Gasteiger partial charge in [-0.15, -0.1) is 0 Å². The Kier molecular flexibility index (Phi) is 8.43. The van der Waals surface area contributed by atoms with E-state index in [0.29, 0.717) is 28.4 Å². The molecule has 0 spiro atoms. The Hall–Kier alpha value is -1.23. The summed E-state index contributed by atoms with van der Waals surface area (Å²) >= 11 is 5.64. The van der Waals surface area contributed by atoms with Crippen LogP contribution < -0.4 is 15.6 Å². The fourth-order valence-corrected chi connectivity index (χ4v) is 2.74. The van der Waals surface area contributed by atoms with Crippen LogP contribution in [0.15, 0.2) is 21.7 Å². The predicted octanol–water partition coefficient (Wildman–Crippen LogP) is 0.449. The summed E-state index contributed by atoms with van der Waals surface area (Å²) in [7, 11) is 0. The molecule has 1 fully saturated rings. The van der Waals surface area contributed by atoms with Crippen molar-refractivity contribution < 1.29 is 22.8 Å². The van der Waals surface area contributed by atoms with Gasteiger partial charge >= 0.3 is 0 Å². The van der Waals surface area contributed by atoms with Gasteiger partial charge in [-0.25, -0.2) is 0 Å². The van der Waals surface area contributed by atoms with Crippen molar-refractivity contribution in [3.8, 4) is 0 Å². The SMILES string of the molecule is FC(F)SCc1ccc(/C=N\NC(=S)NCC[NH+]2CCOCC2)o1. The highest BCUT2D eigenvalue weighted by molar-refractivity contribution is 7.98. The van der Waals surface area contributed by atoms with Gasteiger partial charge in [0.15, 0.2) is 5.11 Å². The molecular weight excluding hydrogens is 358 g/mol. The number of nitrogens with one attached hydrogen (secondary N) is 3. The molecule has 1 aliphatic heterocycles. The first kappa shape index (κ1) is 19.1. The summed E-state index contributed by atoms with van der Waals surface area (Å²) in [4.78, 5) is 1.49. The summed E-state index contributed by atoms with van der Waals surface area (Å²) in [6.07, 6.45) is 1.46. The van der Waals surface area contributed by atoms with Gasteiger partial charge in [0.2, 0.25) is 0 Å². The van der Waals surface area contributed by atoms with E-state index >= 15 is 0 Å². The van der Waals surface area contributed by atoms with Crippen LogP contribution in [0.5, 0.6) is 0 Å². The number of quaternary nitrogens is 1. The molecule has 1 aromatic heterocycles. The lowest BCUT2D eigenvalue weighted by Gasteiger charge is -2.23. The van der Waals surface area contributed by atoms with Gasteiger partial charge in [-0.05, 0) is 24.4 Å². The van der Waals surface area contributed by atoms with E-state index in [2.05, 4.69) is 15.8 Å². The average molecular weight is 379 g/mol. The third-order valence-corrected chi connectivity index (χ3v) is 4.29. The molecular formula is C14H21F2N4O2S2+. The first-order valence-electron chi connectivity index (χ1n) is 7.60. The summed E-state index contributed by atoms with van der Waals surface area (Å²) in [5, 5.41) is 7.47. The Balaban J connectivity index is 1.61. The van der Waals surface area contributed by atoms with Crippen LogP contribution in [0.3, 0.4) is 0 Å². The number of rotatable bonds is 8. The number of hydrogen-bond acceptors (Lipinski definition) is 5. The highest BCUT2D eigenvalue weighted by Crippen LogP contribution is 2.20. The van der Waals surface area contributed by atoms with E-state index in [1.165, 1.54) is 11.1 Å². The molecule has 0 radical (unpaired) electrons. The van der Waals surface area contributed by atoms with Crippen LogP contribution in [-0.2, 0) is 10.5 Å². The summed E-state index contributed by atoms with van der Waals surface area (Å²) in [6, 6.07) is 3.32. The molecule has 1 aromatic rings. The quantitative estimate of drug-likeness (QED) is 0.346. The minimum atomic E-state index is -2.41. The predicted molar refractivity (Wildman–Crippen MR) is 93.7 cm³/mol. The first-order chi connectivity index (χ1) is 11.6. The standard InChI is InChI=1S/C14H20F2N4O2S2/c15-13(16)24-10-12-2-1-11(22-12)9-18-19-14(23)17-3-4-20-5-7-21-8-6-20/h1-2,9,13H,3-8,10H2,(H2,17,19,23)/p+1/b18-9-. The van der Waals surface area contributed by atoms with E-state index < -0.39 is 5.76 Å². The van der Waals surface area contributed by atoms with Gasteiger partial charge in [0.05, 0.1) is 38.3 Å². The minimum Gasteiger partial charge on any atom is -0.459 e. The Morgan fingerprint density at radius 3 is 2.96 bits per heavy atom. The summed E-state index contributed by atoms with van der Waals surface area (Å²) in [5.74, 6) is -1.32. The van der Waals surface area contributed by atoms with Crippen LogP contribution in [0.25, 0.3) is 0 Å². The summed E-state index contributed by atoms with van der Waals surface area (Å²) in [5.41, 5.74) is 2.70. The molecule has 0 bridgehead atoms. The molecule has 0 aromatic carbocycles. The van der Waals surface area contributed by atoms with Gasteiger partial charge in [-0.2, -0.15) is 13.9 Å². The van der Waals surface area contributed by atoms with Gasteiger partial charge in [0.1, 0.15) is 24.6 Å². The second-order valence-corrected chi connectivity index (χ2v) is 6.50. The zero-order valence-corrected chi connectivity index (χ0v) is 14.7. The Morgan fingerprint density at radius 2 is 2.21 bits per heavy atom. The number of thioether (sulfide) groups is 1. The first-order valence-corrected chi connectivity index (χ1v) is 9.06. The largest absolute Gasteiger partial charge is 0.459 e. The molecule has 3 N–H and O–H groups in total. The molecule has 0 aliphatic carbocycles. The fraction of sp³-hybridized carbons (Fsp3) is 0.571. The number of morpholine rings is 1. The lowest BCUT2D eigenvalue weighted by Crippen LogP contribution is -3.14. The number of alkyl halides is 2. The van der Waals surface area contributed by atoms with Gasteiger partial charge in [0, 0.05) is 0 Å². The van der Waals surface area contributed by atoms with Crippen LogP contribution in [0.1, 0.15) is 11.5 Å². The lowest BCUT2D eigenvalue weighted by atomic mass is 10.4. The number of halogens is 2. The van der Waals surface area contributed by atoms with Crippen molar-refractivity contribution in [3.05, 3.63) is 23.7 Å². The van der Waals surface area contributed by atoms with Crippen LogP contribution in [0.4, 0.5) is 8.78 Å². The van der Waals surface area contributed by atoms with E-state index in [0.717, 1.165) is 39.4 Å². The second kappa shape index (κ2) is 10.6. The third-order valence-electron chi connectivity index (χ3n) is 3.36. The van der Waals surface area contributed by atoms with Crippen molar-refractivity contribution in [1.82, 2.24) is 10.7 Å². The summed E-state index contributed by atoms with van der Waals surface area (Å²) in [6.45, 7) is 5.38. The van der Waals surface area contributed by atoms with Gasteiger partial charge in [-0.1, -0.05) is 11.8 Å². The van der Waals surface area contributed by atoms with Crippen LogP contribution in [0.2, 0.25) is 0 Å². The van der Waals surface area contributed by atoms with Crippen LogP contribution in [-0.4, -0.2) is 56.5 Å². The van der Waals surface area contributed by atoms with Crippen LogP contribution >= 0.6 is 24.0 Å². The topological polar surface area (TPSA) is 63.2 Å². The maximum Gasteiger partial charge on any atom is 0.284 e. The number of nitrogens with zero attached hydrogens (tertiary/aromatic N) is 1. The number of hydrogen-bond donors (Lipinski definition) is 3. The molecule has 2 heterocycles. The molecule has 0 saturated carbocycles. The second-order valence-electron chi connectivity index (χ2n) is 5.11. The fourth-order valence-electron chi connectivity index (χ4n) is 2.14. The van der Waals surface area contributed by atoms with Gasteiger partial charge < -0.3 is 19.4 Å². The Bertz CT molecular complexity index is 537. The normalized spacial score (nSPS) is 16.0. The lowest BCUT2D eigenvalue weighted by molar-refractivity contribution is -0.906. The maximum atomic E-state index is 12.1. The van der Waals surface area contributed by atoms with Gasteiger partial charge in [-0.3, -0.25) is 5.43 Å². The van der Waals surface area contributed by atoms with Crippen molar-refractivity contribution in [1.29, 1.82) is 0 Å². The van der Waals surface area contributed by atoms with Gasteiger partial charge in [0.25, 0.3) is 5.76 Å². The zero-order valence-electron chi connectivity index (χ0n) is 13.1. The average Bonchev–Trinajstić information content (AvgIpc) is 3.02.